The molecule has 3 rings (SSSR count). The lowest BCUT2D eigenvalue weighted by Crippen LogP contribution is -2.46. The Labute approximate surface area is 184 Å². The summed E-state index contributed by atoms with van der Waals surface area (Å²) in [5.74, 6) is 0.851. The van der Waals surface area contributed by atoms with Gasteiger partial charge in [-0.05, 0) is 32.4 Å². The van der Waals surface area contributed by atoms with Gasteiger partial charge in [0.1, 0.15) is 6.10 Å². The first kappa shape index (κ1) is 23.2. The third kappa shape index (κ3) is 6.45. The van der Waals surface area contributed by atoms with E-state index in [2.05, 4.69) is 22.0 Å². The number of nitrogens with zero attached hydrogens (tertiary/aromatic N) is 3. The summed E-state index contributed by atoms with van der Waals surface area (Å²) in [7, 11) is 0. The van der Waals surface area contributed by atoms with Crippen molar-refractivity contribution in [2.24, 2.45) is 4.99 Å². The van der Waals surface area contributed by atoms with E-state index < -0.39 is 0 Å². The van der Waals surface area contributed by atoms with Gasteiger partial charge in [0.05, 0.1) is 19.8 Å². The Morgan fingerprint density at radius 2 is 2.07 bits per heavy atom. The topological polar surface area (TPSA) is 49.3 Å². The van der Waals surface area contributed by atoms with Crippen LogP contribution in [0.4, 0.5) is 4.39 Å². The molecule has 0 aliphatic carbocycles. The fraction of sp³-hybridized carbons (Fsp3) is 0.650. The molecule has 2 heterocycles. The number of rotatable bonds is 6. The maximum absolute atomic E-state index is 13.7. The number of benzene rings is 1. The van der Waals surface area contributed by atoms with Crippen molar-refractivity contribution in [1.82, 2.24) is 15.1 Å². The number of nitrogens with one attached hydrogen (secondary N) is 1. The van der Waals surface area contributed by atoms with Crippen molar-refractivity contribution in [2.45, 2.75) is 32.4 Å². The predicted molar refractivity (Wildman–Crippen MR) is 120 cm³/mol. The lowest BCUT2D eigenvalue weighted by molar-refractivity contribution is 0.0195. The molecule has 0 aromatic heterocycles. The van der Waals surface area contributed by atoms with Crippen LogP contribution < -0.4 is 10.1 Å². The Bertz CT molecular complexity index is 628. The number of hydrogen-bond donors (Lipinski definition) is 1. The molecule has 0 bridgehead atoms. The molecule has 2 saturated heterocycles. The van der Waals surface area contributed by atoms with Crippen LogP contribution in [0.5, 0.6) is 5.75 Å². The van der Waals surface area contributed by atoms with Crippen molar-refractivity contribution in [3.63, 3.8) is 0 Å². The minimum absolute atomic E-state index is 0. The van der Waals surface area contributed by atoms with Crippen LogP contribution in [-0.2, 0) is 4.74 Å². The molecule has 158 valence electrons. The maximum Gasteiger partial charge on any atom is 0.194 e. The molecule has 0 radical (unpaired) electrons. The molecule has 2 fully saturated rings. The fourth-order valence-corrected chi connectivity index (χ4v) is 3.61. The minimum Gasteiger partial charge on any atom is -0.486 e. The van der Waals surface area contributed by atoms with Gasteiger partial charge in [-0.15, -0.1) is 24.0 Å². The van der Waals surface area contributed by atoms with Gasteiger partial charge >= 0.3 is 0 Å². The summed E-state index contributed by atoms with van der Waals surface area (Å²) in [6.07, 6.45) is 0.944. The van der Waals surface area contributed by atoms with Gasteiger partial charge in [0, 0.05) is 38.8 Å². The molecule has 0 saturated carbocycles. The summed E-state index contributed by atoms with van der Waals surface area (Å²) >= 11 is 0. The number of morpholine rings is 1. The summed E-state index contributed by atoms with van der Waals surface area (Å²) in [6, 6.07) is 7.05. The zero-order chi connectivity index (χ0) is 19.1. The third-order valence-electron chi connectivity index (χ3n) is 5.02. The van der Waals surface area contributed by atoms with E-state index in [4.69, 9.17) is 14.5 Å². The van der Waals surface area contributed by atoms with Crippen LogP contribution in [0.3, 0.4) is 0 Å². The van der Waals surface area contributed by atoms with E-state index in [9.17, 15) is 4.39 Å². The fourth-order valence-electron chi connectivity index (χ4n) is 3.61. The molecule has 6 nitrogen and oxygen atoms in total. The van der Waals surface area contributed by atoms with Gasteiger partial charge in [-0.2, -0.15) is 0 Å². The van der Waals surface area contributed by atoms with Gasteiger partial charge in [-0.1, -0.05) is 12.1 Å². The minimum atomic E-state index is -0.340. The van der Waals surface area contributed by atoms with Gasteiger partial charge in [0.25, 0.3) is 0 Å². The predicted octanol–water partition coefficient (Wildman–Crippen LogP) is 2.58. The molecule has 2 aliphatic heterocycles. The highest BCUT2D eigenvalue weighted by Crippen LogP contribution is 2.18. The molecule has 2 aliphatic rings. The highest BCUT2D eigenvalue weighted by molar-refractivity contribution is 14.0. The normalized spacial score (nSPS) is 21.9. The van der Waals surface area contributed by atoms with Crippen molar-refractivity contribution < 1.29 is 13.9 Å². The van der Waals surface area contributed by atoms with Gasteiger partial charge in [0.15, 0.2) is 17.5 Å². The highest BCUT2D eigenvalue weighted by Gasteiger charge is 2.30. The molecular formula is C20H32FIN4O2. The van der Waals surface area contributed by atoms with Gasteiger partial charge in [-0.3, -0.25) is 4.90 Å². The Morgan fingerprint density at radius 3 is 2.79 bits per heavy atom. The smallest absolute Gasteiger partial charge is 0.194 e. The van der Waals surface area contributed by atoms with E-state index >= 15 is 0 Å². The molecule has 0 spiro atoms. The summed E-state index contributed by atoms with van der Waals surface area (Å²) in [6.45, 7) is 11.0. The molecule has 0 amide bonds. The van der Waals surface area contributed by atoms with Crippen LogP contribution in [-0.4, -0.2) is 80.4 Å². The molecule has 8 heteroatoms. The number of guanidine groups is 1. The van der Waals surface area contributed by atoms with Crippen LogP contribution in [0.25, 0.3) is 0 Å². The first-order valence-electron chi connectivity index (χ1n) is 9.93. The van der Waals surface area contributed by atoms with E-state index in [1.807, 2.05) is 6.92 Å². The van der Waals surface area contributed by atoms with Crippen LogP contribution >= 0.6 is 24.0 Å². The van der Waals surface area contributed by atoms with E-state index in [-0.39, 0.29) is 41.6 Å². The first-order chi connectivity index (χ1) is 13.2. The van der Waals surface area contributed by atoms with E-state index in [0.29, 0.717) is 12.6 Å². The van der Waals surface area contributed by atoms with Crippen molar-refractivity contribution in [2.75, 3.05) is 52.5 Å². The van der Waals surface area contributed by atoms with Gasteiger partial charge in [-0.25, -0.2) is 9.38 Å². The number of aliphatic imine (C=N–C) groups is 1. The monoisotopic (exact) mass is 506 g/mol. The third-order valence-corrected chi connectivity index (χ3v) is 5.02. The van der Waals surface area contributed by atoms with Gasteiger partial charge in [0.2, 0.25) is 0 Å². The van der Waals surface area contributed by atoms with Crippen molar-refractivity contribution >= 4 is 29.9 Å². The lowest BCUT2D eigenvalue weighted by Gasteiger charge is -2.32. The zero-order valence-electron chi connectivity index (χ0n) is 16.8. The zero-order valence-corrected chi connectivity index (χ0v) is 19.1. The van der Waals surface area contributed by atoms with E-state index in [1.165, 1.54) is 6.07 Å². The average molecular weight is 506 g/mol. The second kappa shape index (κ2) is 11.8. The average Bonchev–Trinajstić information content (AvgIpc) is 3.18. The Morgan fingerprint density at radius 1 is 1.32 bits per heavy atom. The number of hydrogen-bond acceptors (Lipinski definition) is 4. The number of ether oxygens (including phenoxy) is 2. The first-order valence-corrected chi connectivity index (χ1v) is 9.93. The Balaban J connectivity index is 0.00000280. The molecule has 1 aromatic carbocycles. The standard InChI is InChI=1S/C20H31FN4O2.HI/c1-3-22-20(23-14-16(2)27-19-7-5-4-6-18(19)21)25-9-8-17(15-25)24-10-12-26-13-11-24;/h4-7,16-17H,3,8-15H2,1-2H3,(H,22,23);1H. The molecule has 2 atom stereocenters. The summed E-state index contributed by atoms with van der Waals surface area (Å²) in [5.41, 5.74) is 0. The van der Waals surface area contributed by atoms with Crippen LogP contribution in [0.15, 0.2) is 29.3 Å². The van der Waals surface area contributed by atoms with Crippen molar-refractivity contribution in [3.05, 3.63) is 30.1 Å². The number of para-hydroxylation sites is 1. The highest BCUT2D eigenvalue weighted by atomic mass is 127. The van der Waals surface area contributed by atoms with E-state index in [0.717, 1.165) is 58.3 Å². The number of halogens is 2. The quantitative estimate of drug-likeness (QED) is 0.365. The molecule has 1 N–H and O–H groups in total. The summed E-state index contributed by atoms with van der Waals surface area (Å²) in [5, 5.41) is 3.38. The molecular weight excluding hydrogens is 474 g/mol. The molecule has 1 aromatic rings. The van der Waals surface area contributed by atoms with Crippen molar-refractivity contribution in [3.8, 4) is 5.75 Å². The van der Waals surface area contributed by atoms with E-state index in [1.54, 1.807) is 18.2 Å². The largest absolute Gasteiger partial charge is 0.486 e. The van der Waals surface area contributed by atoms with Crippen LogP contribution in [0.1, 0.15) is 20.3 Å². The van der Waals surface area contributed by atoms with Gasteiger partial charge < -0.3 is 19.7 Å². The molecule has 28 heavy (non-hydrogen) atoms. The Kier molecular flexibility index (Phi) is 9.73. The van der Waals surface area contributed by atoms with Crippen molar-refractivity contribution in [1.29, 1.82) is 0 Å². The lowest BCUT2D eigenvalue weighted by atomic mass is 10.2. The maximum atomic E-state index is 13.7. The summed E-state index contributed by atoms with van der Waals surface area (Å²) < 4.78 is 24.9. The van der Waals surface area contributed by atoms with Crippen LogP contribution in [0.2, 0.25) is 0 Å². The van der Waals surface area contributed by atoms with Crippen LogP contribution in [0, 0.1) is 5.82 Å². The second-order valence-electron chi connectivity index (χ2n) is 7.09. The number of likely N-dealkylation sites (tertiary alicyclic amines) is 1. The second-order valence-corrected chi connectivity index (χ2v) is 7.09. The summed E-state index contributed by atoms with van der Waals surface area (Å²) in [4.78, 5) is 9.59. The molecule has 2 unspecified atom stereocenters. The SMILES string of the molecule is CCNC(=NCC(C)Oc1ccccc1F)N1CCC(N2CCOCC2)C1.I. The Hall–Kier alpha value is -1.13.